The lowest BCUT2D eigenvalue weighted by molar-refractivity contribution is 0.187. The highest BCUT2D eigenvalue weighted by Crippen LogP contribution is 2.26. The second-order valence-electron chi connectivity index (χ2n) is 6.39. The number of nitrogens with zero attached hydrogens (tertiary/aromatic N) is 4. The fourth-order valence-corrected chi connectivity index (χ4v) is 3.04. The summed E-state index contributed by atoms with van der Waals surface area (Å²) in [5.74, 6) is -0.316. The Morgan fingerprint density at radius 2 is 2.00 bits per heavy atom. The molecule has 3 rings (SSSR count). The molecule has 1 aliphatic heterocycles. The van der Waals surface area contributed by atoms with Gasteiger partial charge in [0, 0.05) is 50.7 Å². The van der Waals surface area contributed by atoms with Gasteiger partial charge in [-0.15, -0.1) is 0 Å². The summed E-state index contributed by atoms with van der Waals surface area (Å²) in [7, 11) is 3.79. The molecule has 0 radical (unpaired) electrons. The van der Waals surface area contributed by atoms with Gasteiger partial charge in [0.25, 0.3) is 0 Å². The van der Waals surface area contributed by atoms with Crippen LogP contribution in [0.15, 0.2) is 30.6 Å². The normalized spacial score (nSPS) is 14.6. The minimum atomic E-state index is -0.316. The molecule has 2 amide bonds. The van der Waals surface area contributed by atoms with E-state index >= 15 is 0 Å². The maximum Gasteiger partial charge on any atom is 0.318 e. The first-order chi connectivity index (χ1) is 12.0. The van der Waals surface area contributed by atoms with E-state index in [0.29, 0.717) is 19.5 Å². The summed E-state index contributed by atoms with van der Waals surface area (Å²) in [6.45, 7) is 2.89. The Kier molecular flexibility index (Phi) is 4.83. The predicted molar refractivity (Wildman–Crippen MR) is 93.8 cm³/mol. The molecule has 1 unspecified atom stereocenters. The van der Waals surface area contributed by atoms with Gasteiger partial charge in [-0.1, -0.05) is 0 Å². The van der Waals surface area contributed by atoms with Crippen LogP contribution in [0.1, 0.15) is 29.9 Å². The van der Waals surface area contributed by atoms with Crippen molar-refractivity contribution in [1.29, 1.82) is 0 Å². The van der Waals surface area contributed by atoms with Crippen molar-refractivity contribution in [2.75, 3.05) is 25.5 Å². The molecule has 0 aliphatic carbocycles. The van der Waals surface area contributed by atoms with E-state index in [2.05, 4.69) is 15.3 Å². The summed E-state index contributed by atoms with van der Waals surface area (Å²) in [5.41, 5.74) is 3.40. The van der Waals surface area contributed by atoms with Crippen molar-refractivity contribution < 1.29 is 9.18 Å². The lowest BCUT2D eigenvalue weighted by atomic mass is 10.1. The Balaban J connectivity index is 1.73. The molecule has 1 aliphatic rings. The first kappa shape index (κ1) is 17.1. The number of rotatable bonds is 3. The van der Waals surface area contributed by atoms with Crippen molar-refractivity contribution in [3.05, 3.63) is 53.4 Å². The highest BCUT2D eigenvalue weighted by molar-refractivity contribution is 5.75. The van der Waals surface area contributed by atoms with Gasteiger partial charge in [-0.25, -0.2) is 9.18 Å². The average molecular weight is 343 g/mol. The zero-order valence-electron chi connectivity index (χ0n) is 14.7. The number of urea groups is 1. The van der Waals surface area contributed by atoms with Crippen LogP contribution in [0.4, 0.5) is 14.9 Å². The fraction of sp³-hybridized carbons (Fsp3) is 0.389. The number of aromatic nitrogens is 2. The average Bonchev–Trinajstić information content (AvgIpc) is 2.60. The Labute approximate surface area is 146 Å². The molecule has 2 aromatic rings. The topological polar surface area (TPSA) is 61.4 Å². The largest absolute Gasteiger partial charge is 0.377 e. The molecule has 0 fully saturated rings. The van der Waals surface area contributed by atoms with E-state index in [1.807, 2.05) is 25.9 Å². The summed E-state index contributed by atoms with van der Waals surface area (Å²) in [4.78, 5) is 24.8. The number of hydrogen-bond donors (Lipinski definition) is 1. The van der Waals surface area contributed by atoms with Gasteiger partial charge in [0.1, 0.15) is 5.82 Å². The lowest BCUT2D eigenvalue weighted by Gasteiger charge is -2.30. The third kappa shape index (κ3) is 3.70. The van der Waals surface area contributed by atoms with Crippen molar-refractivity contribution in [2.24, 2.45) is 0 Å². The van der Waals surface area contributed by atoms with E-state index in [1.54, 1.807) is 23.4 Å². The molecule has 6 nitrogen and oxygen atoms in total. The first-order valence-corrected chi connectivity index (χ1v) is 8.26. The maximum atomic E-state index is 13.7. The third-order valence-electron chi connectivity index (χ3n) is 4.38. The van der Waals surface area contributed by atoms with Crippen LogP contribution in [0.25, 0.3) is 0 Å². The summed E-state index contributed by atoms with van der Waals surface area (Å²) in [6, 6.07) is 4.12. The number of carbonyl (C=O) groups excluding carboxylic acids is 1. The van der Waals surface area contributed by atoms with Crippen LogP contribution in [0, 0.1) is 5.82 Å². The number of fused-ring (bicyclic) bond motifs is 1. The van der Waals surface area contributed by atoms with Crippen LogP contribution < -0.4 is 10.2 Å². The number of hydrogen-bond acceptors (Lipinski definition) is 4. The van der Waals surface area contributed by atoms with Gasteiger partial charge in [-0.05, 0) is 25.1 Å². The van der Waals surface area contributed by atoms with E-state index in [4.69, 9.17) is 0 Å². The molecule has 25 heavy (non-hydrogen) atoms. The second kappa shape index (κ2) is 7.04. The van der Waals surface area contributed by atoms with Crippen molar-refractivity contribution >= 4 is 11.7 Å². The highest BCUT2D eigenvalue weighted by atomic mass is 19.1. The van der Waals surface area contributed by atoms with Crippen molar-refractivity contribution in [1.82, 2.24) is 20.2 Å². The zero-order valence-corrected chi connectivity index (χ0v) is 14.7. The minimum absolute atomic E-state index is 0.183. The van der Waals surface area contributed by atoms with Crippen LogP contribution in [0.2, 0.25) is 0 Å². The summed E-state index contributed by atoms with van der Waals surface area (Å²) in [6.07, 6.45) is 4.00. The Hall–Kier alpha value is -2.70. The Bertz CT molecular complexity index is 780. The van der Waals surface area contributed by atoms with Gasteiger partial charge in [-0.3, -0.25) is 9.97 Å². The molecule has 1 aromatic heterocycles. The van der Waals surface area contributed by atoms with E-state index in [-0.39, 0.29) is 17.9 Å². The van der Waals surface area contributed by atoms with Crippen LogP contribution >= 0.6 is 0 Å². The Morgan fingerprint density at radius 3 is 2.72 bits per heavy atom. The molecular formula is C18H22FN5O. The third-order valence-corrected chi connectivity index (χ3v) is 4.38. The van der Waals surface area contributed by atoms with E-state index < -0.39 is 0 Å². The van der Waals surface area contributed by atoms with Gasteiger partial charge in [0.05, 0.1) is 24.0 Å². The van der Waals surface area contributed by atoms with E-state index in [0.717, 1.165) is 22.6 Å². The molecule has 0 saturated carbocycles. The van der Waals surface area contributed by atoms with Crippen molar-refractivity contribution in [3.63, 3.8) is 0 Å². The molecule has 1 atom stereocenters. The molecular weight excluding hydrogens is 321 g/mol. The lowest BCUT2D eigenvalue weighted by Crippen LogP contribution is -2.44. The second-order valence-corrected chi connectivity index (χ2v) is 6.39. The number of anilines is 1. The fourth-order valence-electron chi connectivity index (χ4n) is 3.04. The van der Waals surface area contributed by atoms with Crippen LogP contribution in [-0.4, -0.2) is 41.5 Å². The van der Waals surface area contributed by atoms with Gasteiger partial charge in [0.2, 0.25) is 0 Å². The molecule has 2 heterocycles. The quantitative estimate of drug-likeness (QED) is 0.930. The van der Waals surface area contributed by atoms with Gasteiger partial charge >= 0.3 is 6.03 Å². The zero-order chi connectivity index (χ0) is 18.0. The van der Waals surface area contributed by atoms with Crippen LogP contribution in [0.3, 0.4) is 0 Å². The SMILES string of the molecule is CC(NC(=O)N1CCc2nccnc2C1)c1cc(F)ccc1N(C)C. The van der Waals surface area contributed by atoms with E-state index in [9.17, 15) is 9.18 Å². The molecule has 7 heteroatoms. The first-order valence-electron chi connectivity index (χ1n) is 8.26. The maximum absolute atomic E-state index is 13.7. The number of halogens is 1. The van der Waals surface area contributed by atoms with Gasteiger partial charge < -0.3 is 15.1 Å². The molecule has 1 aromatic carbocycles. The van der Waals surface area contributed by atoms with E-state index in [1.165, 1.54) is 12.1 Å². The highest BCUT2D eigenvalue weighted by Gasteiger charge is 2.24. The van der Waals surface area contributed by atoms with Crippen molar-refractivity contribution in [3.8, 4) is 0 Å². The van der Waals surface area contributed by atoms with Crippen LogP contribution in [0.5, 0.6) is 0 Å². The summed E-state index contributed by atoms with van der Waals surface area (Å²) in [5, 5.41) is 2.96. The standard InChI is InChI=1S/C18H22FN5O/c1-12(14-10-13(19)4-5-17(14)23(2)3)22-18(25)24-9-6-15-16(11-24)21-8-7-20-15/h4-5,7-8,10,12H,6,9,11H2,1-3H3,(H,22,25). The van der Waals surface area contributed by atoms with Crippen LogP contribution in [-0.2, 0) is 13.0 Å². The summed E-state index contributed by atoms with van der Waals surface area (Å²) >= 11 is 0. The monoisotopic (exact) mass is 343 g/mol. The smallest absolute Gasteiger partial charge is 0.318 e. The molecule has 0 bridgehead atoms. The molecule has 1 N–H and O–H groups in total. The van der Waals surface area contributed by atoms with Gasteiger partial charge in [0.15, 0.2) is 0 Å². The summed E-state index contributed by atoms with van der Waals surface area (Å²) < 4.78 is 13.7. The number of nitrogens with one attached hydrogen (secondary N) is 1. The number of carbonyl (C=O) groups is 1. The Morgan fingerprint density at radius 1 is 1.28 bits per heavy atom. The molecule has 132 valence electrons. The van der Waals surface area contributed by atoms with Gasteiger partial charge in [-0.2, -0.15) is 0 Å². The number of amides is 2. The number of benzene rings is 1. The predicted octanol–water partition coefficient (Wildman–Crippen LogP) is 2.51. The minimum Gasteiger partial charge on any atom is -0.377 e. The van der Waals surface area contributed by atoms with Crippen molar-refractivity contribution in [2.45, 2.75) is 25.9 Å². The molecule has 0 spiro atoms. The molecule has 0 saturated heterocycles.